The summed E-state index contributed by atoms with van der Waals surface area (Å²) in [6, 6.07) is 1.95. The zero-order valence-corrected chi connectivity index (χ0v) is 13.4. The Kier molecular flexibility index (Phi) is 5.59. The van der Waals surface area contributed by atoms with Crippen LogP contribution < -0.4 is 10.6 Å². The molecule has 1 aromatic heterocycles. The molecule has 0 saturated heterocycles. The van der Waals surface area contributed by atoms with Crippen molar-refractivity contribution in [3.8, 4) is 0 Å². The number of hydrogen-bond donors (Lipinski definition) is 2. The van der Waals surface area contributed by atoms with Gasteiger partial charge in [-0.05, 0) is 37.7 Å². The lowest BCUT2D eigenvalue weighted by Crippen LogP contribution is -2.31. The summed E-state index contributed by atoms with van der Waals surface area (Å²) in [6.45, 7) is 7.98. The van der Waals surface area contributed by atoms with Crippen LogP contribution in [0.2, 0.25) is 0 Å². The van der Waals surface area contributed by atoms with E-state index in [1.54, 1.807) is 6.20 Å². The van der Waals surface area contributed by atoms with E-state index in [0.717, 1.165) is 36.8 Å². The number of rotatable bonds is 6. The number of amides is 1. The SMILES string of the molecule is CCCNc1cc(C)ncc1C(=O)NCC1CCCC1C. The van der Waals surface area contributed by atoms with Gasteiger partial charge in [0.1, 0.15) is 0 Å². The van der Waals surface area contributed by atoms with Crippen molar-refractivity contribution in [2.45, 2.75) is 46.5 Å². The van der Waals surface area contributed by atoms with Crippen molar-refractivity contribution in [2.75, 3.05) is 18.4 Å². The first-order chi connectivity index (χ1) is 10.1. The van der Waals surface area contributed by atoms with Crippen LogP contribution in [-0.2, 0) is 0 Å². The maximum Gasteiger partial charge on any atom is 0.254 e. The van der Waals surface area contributed by atoms with E-state index in [1.165, 1.54) is 19.3 Å². The zero-order valence-electron chi connectivity index (χ0n) is 13.4. The van der Waals surface area contributed by atoms with E-state index in [1.807, 2.05) is 13.0 Å². The number of pyridine rings is 1. The number of aromatic nitrogens is 1. The minimum absolute atomic E-state index is 0.0137. The second kappa shape index (κ2) is 7.43. The largest absolute Gasteiger partial charge is 0.384 e. The lowest BCUT2D eigenvalue weighted by molar-refractivity contribution is 0.0945. The first-order valence-electron chi connectivity index (χ1n) is 8.10. The third kappa shape index (κ3) is 4.19. The summed E-state index contributed by atoms with van der Waals surface area (Å²) in [5.41, 5.74) is 2.47. The van der Waals surface area contributed by atoms with Gasteiger partial charge in [-0.15, -0.1) is 0 Å². The van der Waals surface area contributed by atoms with Crippen LogP contribution in [0.3, 0.4) is 0 Å². The van der Waals surface area contributed by atoms with Crippen LogP contribution in [0, 0.1) is 18.8 Å². The van der Waals surface area contributed by atoms with Crippen LogP contribution in [0.5, 0.6) is 0 Å². The van der Waals surface area contributed by atoms with Gasteiger partial charge in [0.25, 0.3) is 5.91 Å². The van der Waals surface area contributed by atoms with Gasteiger partial charge in [0.2, 0.25) is 0 Å². The van der Waals surface area contributed by atoms with Gasteiger partial charge >= 0.3 is 0 Å². The molecule has 21 heavy (non-hydrogen) atoms. The van der Waals surface area contributed by atoms with E-state index in [-0.39, 0.29) is 5.91 Å². The third-order valence-corrected chi connectivity index (χ3v) is 4.41. The summed E-state index contributed by atoms with van der Waals surface area (Å²) < 4.78 is 0. The average Bonchev–Trinajstić information content (AvgIpc) is 2.88. The Balaban J connectivity index is 2.00. The summed E-state index contributed by atoms with van der Waals surface area (Å²) in [7, 11) is 0. The van der Waals surface area contributed by atoms with Crippen molar-refractivity contribution in [2.24, 2.45) is 11.8 Å². The molecule has 2 atom stereocenters. The minimum Gasteiger partial charge on any atom is -0.384 e. The molecule has 0 aromatic carbocycles. The van der Waals surface area contributed by atoms with Crippen LogP contribution >= 0.6 is 0 Å². The van der Waals surface area contributed by atoms with E-state index < -0.39 is 0 Å². The fourth-order valence-electron chi connectivity index (χ4n) is 2.99. The quantitative estimate of drug-likeness (QED) is 0.844. The number of carbonyl (C=O) groups is 1. The predicted octanol–water partition coefficient (Wildman–Crippen LogP) is 3.38. The molecule has 1 aliphatic carbocycles. The Hall–Kier alpha value is -1.58. The maximum atomic E-state index is 12.4. The van der Waals surface area contributed by atoms with Crippen molar-refractivity contribution in [1.82, 2.24) is 10.3 Å². The van der Waals surface area contributed by atoms with Gasteiger partial charge in [-0.2, -0.15) is 0 Å². The van der Waals surface area contributed by atoms with Crippen molar-refractivity contribution >= 4 is 11.6 Å². The van der Waals surface area contributed by atoms with Crippen molar-refractivity contribution < 1.29 is 4.79 Å². The summed E-state index contributed by atoms with van der Waals surface area (Å²) in [4.78, 5) is 16.7. The highest BCUT2D eigenvalue weighted by molar-refractivity contribution is 5.99. The van der Waals surface area contributed by atoms with Crippen LogP contribution in [0.15, 0.2) is 12.3 Å². The number of nitrogens with one attached hydrogen (secondary N) is 2. The van der Waals surface area contributed by atoms with Gasteiger partial charge in [-0.1, -0.05) is 26.7 Å². The van der Waals surface area contributed by atoms with Crippen molar-refractivity contribution in [3.63, 3.8) is 0 Å². The molecule has 1 aliphatic rings. The number of aryl methyl sites for hydroxylation is 1. The van der Waals surface area contributed by atoms with E-state index in [0.29, 0.717) is 11.5 Å². The highest BCUT2D eigenvalue weighted by Crippen LogP contribution is 2.30. The second-order valence-electron chi connectivity index (χ2n) is 6.18. The van der Waals surface area contributed by atoms with Gasteiger partial charge in [0, 0.05) is 25.0 Å². The molecular weight excluding hydrogens is 262 g/mol. The molecule has 2 rings (SSSR count). The van der Waals surface area contributed by atoms with E-state index >= 15 is 0 Å². The van der Waals surface area contributed by atoms with Crippen LogP contribution in [0.4, 0.5) is 5.69 Å². The van der Waals surface area contributed by atoms with Crippen molar-refractivity contribution in [1.29, 1.82) is 0 Å². The van der Waals surface area contributed by atoms with Crippen molar-refractivity contribution in [3.05, 3.63) is 23.5 Å². The molecule has 1 fully saturated rings. The van der Waals surface area contributed by atoms with Gasteiger partial charge in [0.05, 0.1) is 11.3 Å². The Morgan fingerprint density at radius 3 is 2.90 bits per heavy atom. The summed E-state index contributed by atoms with van der Waals surface area (Å²) in [5, 5.41) is 6.41. The molecule has 0 radical (unpaired) electrons. The lowest BCUT2D eigenvalue weighted by Gasteiger charge is -2.17. The number of anilines is 1. The summed E-state index contributed by atoms with van der Waals surface area (Å²) >= 11 is 0. The fraction of sp³-hybridized carbons (Fsp3) is 0.647. The highest BCUT2D eigenvalue weighted by atomic mass is 16.1. The summed E-state index contributed by atoms with van der Waals surface area (Å²) in [6.07, 6.45) is 6.52. The summed E-state index contributed by atoms with van der Waals surface area (Å²) in [5.74, 6) is 1.33. The Morgan fingerprint density at radius 1 is 1.43 bits per heavy atom. The molecule has 1 aromatic rings. The molecule has 1 amide bonds. The predicted molar refractivity (Wildman–Crippen MR) is 86.6 cm³/mol. The third-order valence-electron chi connectivity index (χ3n) is 4.41. The Morgan fingerprint density at radius 2 is 2.24 bits per heavy atom. The molecule has 0 spiro atoms. The molecule has 4 nitrogen and oxygen atoms in total. The van der Waals surface area contributed by atoms with E-state index in [4.69, 9.17) is 0 Å². The van der Waals surface area contributed by atoms with E-state index in [2.05, 4.69) is 29.5 Å². The smallest absolute Gasteiger partial charge is 0.254 e. The highest BCUT2D eigenvalue weighted by Gasteiger charge is 2.24. The topological polar surface area (TPSA) is 54.0 Å². The number of nitrogens with zero attached hydrogens (tertiary/aromatic N) is 1. The molecule has 4 heteroatoms. The molecule has 1 heterocycles. The molecule has 0 aliphatic heterocycles. The first-order valence-corrected chi connectivity index (χ1v) is 8.10. The lowest BCUT2D eigenvalue weighted by atomic mass is 9.98. The molecule has 2 unspecified atom stereocenters. The minimum atomic E-state index is -0.0137. The second-order valence-corrected chi connectivity index (χ2v) is 6.18. The first kappa shape index (κ1) is 15.8. The van der Waals surface area contributed by atoms with Crippen LogP contribution in [0.1, 0.15) is 55.6 Å². The molecular formula is C17H27N3O. The molecule has 0 bridgehead atoms. The normalized spacial score (nSPS) is 21.3. The maximum absolute atomic E-state index is 12.4. The Labute approximate surface area is 127 Å². The van der Waals surface area contributed by atoms with E-state index in [9.17, 15) is 4.79 Å². The van der Waals surface area contributed by atoms with Crippen LogP contribution in [0.25, 0.3) is 0 Å². The fourth-order valence-corrected chi connectivity index (χ4v) is 2.99. The Bertz CT molecular complexity index is 487. The molecule has 116 valence electrons. The number of carbonyl (C=O) groups excluding carboxylic acids is 1. The van der Waals surface area contributed by atoms with Gasteiger partial charge in [0.15, 0.2) is 0 Å². The zero-order chi connectivity index (χ0) is 15.2. The average molecular weight is 289 g/mol. The molecule has 1 saturated carbocycles. The standard InChI is InChI=1S/C17H27N3O/c1-4-8-18-16-9-13(3)19-11-15(16)17(21)20-10-14-7-5-6-12(14)2/h9,11-12,14H,4-8,10H2,1-3H3,(H,18,19)(H,20,21). The van der Waals surface area contributed by atoms with Gasteiger partial charge in [-0.25, -0.2) is 0 Å². The van der Waals surface area contributed by atoms with Gasteiger partial charge in [-0.3, -0.25) is 9.78 Å². The molecule has 2 N–H and O–H groups in total. The monoisotopic (exact) mass is 289 g/mol. The van der Waals surface area contributed by atoms with Gasteiger partial charge < -0.3 is 10.6 Å². The number of hydrogen-bond acceptors (Lipinski definition) is 3. The van der Waals surface area contributed by atoms with Crippen LogP contribution in [-0.4, -0.2) is 24.0 Å².